The number of carbonyl (C=O) groups excluding carboxylic acids is 1. The van der Waals surface area contributed by atoms with Crippen LogP contribution >= 0.6 is 0 Å². The summed E-state index contributed by atoms with van der Waals surface area (Å²) < 4.78 is 32.6. The molecular formula is C20H21N3O4S. The normalized spacial score (nSPS) is 17.9. The Bertz CT molecular complexity index is 1130. The van der Waals surface area contributed by atoms with Crippen LogP contribution in [-0.2, 0) is 14.8 Å². The van der Waals surface area contributed by atoms with E-state index in [1.54, 1.807) is 13.8 Å². The Labute approximate surface area is 163 Å². The Morgan fingerprint density at radius 2 is 1.93 bits per heavy atom. The number of amides is 1. The lowest BCUT2D eigenvalue weighted by Crippen LogP contribution is -2.43. The van der Waals surface area contributed by atoms with E-state index in [9.17, 15) is 13.2 Å². The van der Waals surface area contributed by atoms with Crippen molar-refractivity contribution in [1.29, 1.82) is 0 Å². The smallest absolute Gasteiger partial charge is 0.249 e. The highest BCUT2D eigenvalue weighted by Gasteiger charge is 2.41. The second-order valence-corrected chi connectivity index (χ2v) is 8.77. The number of rotatable bonds is 4. The van der Waals surface area contributed by atoms with Crippen molar-refractivity contribution in [2.75, 3.05) is 11.9 Å². The van der Waals surface area contributed by atoms with Gasteiger partial charge < -0.3 is 9.84 Å². The van der Waals surface area contributed by atoms with Gasteiger partial charge in [0.2, 0.25) is 15.9 Å². The predicted octanol–water partition coefficient (Wildman–Crippen LogP) is 3.24. The van der Waals surface area contributed by atoms with E-state index in [0.717, 1.165) is 10.8 Å². The van der Waals surface area contributed by atoms with Gasteiger partial charge in [0.05, 0.1) is 0 Å². The summed E-state index contributed by atoms with van der Waals surface area (Å²) in [5, 5.41) is 8.58. The molecule has 7 nitrogen and oxygen atoms in total. The van der Waals surface area contributed by atoms with Gasteiger partial charge in [0.15, 0.2) is 5.76 Å². The Hall–Kier alpha value is -2.71. The fourth-order valence-corrected chi connectivity index (χ4v) is 5.75. The molecule has 1 amide bonds. The molecule has 1 aliphatic heterocycles. The van der Waals surface area contributed by atoms with Gasteiger partial charge in [-0.15, -0.1) is 0 Å². The van der Waals surface area contributed by atoms with Crippen LogP contribution in [0.2, 0.25) is 0 Å². The summed E-state index contributed by atoms with van der Waals surface area (Å²) in [6.45, 7) is 3.44. The van der Waals surface area contributed by atoms with Gasteiger partial charge in [-0.05, 0) is 38.1 Å². The zero-order valence-electron chi connectivity index (χ0n) is 15.7. The number of aryl methyl sites for hydroxylation is 2. The summed E-state index contributed by atoms with van der Waals surface area (Å²) in [5.41, 5.74) is 0.974. The lowest BCUT2D eigenvalue weighted by atomic mass is 10.1. The molecule has 0 bridgehead atoms. The number of fused-ring (bicyclic) bond motifs is 1. The molecule has 146 valence electrons. The molecule has 1 atom stereocenters. The highest BCUT2D eigenvalue weighted by atomic mass is 32.2. The van der Waals surface area contributed by atoms with E-state index >= 15 is 0 Å². The van der Waals surface area contributed by atoms with Crippen LogP contribution in [0.15, 0.2) is 51.9 Å². The first kappa shape index (κ1) is 18.6. The number of carbonyl (C=O) groups is 1. The molecule has 1 unspecified atom stereocenters. The highest BCUT2D eigenvalue weighted by Crippen LogP contribution is 2.31. The van der Waals surface area contributed by atoms with Crippen LogP contribution in [0.3, 0.4) is 0 Å². The minimum atomic E-state index is -3.87. The number of aromatic nitrogens is 1. The van der Waals surface area contributed by atoms with Gasteiger partial charge in [0.1, 0.15) is 16.6 Å². The molecule has 0 radical (unpaired) electrons. The van der Waals surface area contributed by atoms with Gasteiger partial charge in [-0.25, -0.2) is 8.42 Å². The molecule has 1 N–H and O–H groups in total. The quantitative estimate of drug-likeness (QED) is 0.727. The van der Waals surface area contributed by atoms with Crippen LogP contribution in [0.5, 0.6) is 0 Å². The molecule has 1 fully saturated rings. The van der Waals surface area contributed by atoms with Crippen LogP contribution in [0.1, 0.15) is 24.3 Å². The molecule has 1 aromatic heterocycles. The summed E-state index contributed by atoms with van der Waals surface area (Å²) in [6.07, 6.45) is 1.09. The second kappa shape index (κ2) is 7.03. The van der Waals surface area contributed by atoms with Gasteiger partial charge >= 0.3 is 0 Å². The second-order valence-electron chi connectivity index (χ2n) is 6.94. The third kappa shape index (κ3) is 3.08. The van der Waals surface area contributed by atoms with E-state index in [4.69, 9.17) is 4.52 Å². The lowest BCUT2D eigenvalue weighted by molar-refractivity contribution is -0.119. The third-order valence-corrected chi connectivity index (χ3v) is 7.24. The first-order valence-corrected chi connectivity index (χ1v) is 10.6. The van der Waals surface area contributed by atoms with Crippen LogP contribution in [-0.4, -0.2) is 36.4 Å². The molecule has 0 spiro atoms. The van der Waals surface area contributed by atoms with Crippen LogP contribution in [0.25, 0.3) is 10.8 Å². The summed E-state index contributed by atoms with van der Waals surface area (Å²) >= 11 is 0. The molecular weight excluding hydrogens is 378 g/mol. The maximum absolute atomic E-state index is 13.2. The SMILES string of the molecule is Cc1noc(C)c1S(=O)(=O)N1CCCC1C(=O)Nc1cccc2ccccc12. The minimum Gasteiger partial charge on any atom is -0.360 e. The van der Waals surface area contributed by atoms with Crippen molar-refractivity contribution in [3.8, 4) is 0 Å². The summed E-state index contributed by atoms with van der Waals surface area (Å²) in [7, 11) is -3.87. The van der Waals surface area contributed by atoms with Crippen molar-refractivity contribution >= 4 is 32.4 Å². The number of hydrogen-bond acceptors (Lipinski definition) is 5. The molecule has 2 heterocycles. The van der Waals surface area contributed by atoms with E-state index in [1.807, 2.05) is 42.5 Å². The molecule has 0 aliphatic carbocycles. The van der Waals surface area contributed by atoms with Crippen molar-refractivity contribution in [3.05, 3.63) is 53.9 Å². The van der Waals surface area contributed by atoms with E-state index in [0.29, 0.717) is 30.8 Å². The van der Waals surface area contributed by atoms with E-state index in [1.165, 1.54) is 4.31 Å². The van der Waals surface area contributed by atoms with Gasteiger partial charge in [-0.2, -0.15) is 4.31 Å². The van der Waals surface area contributed by atoms with E-state index < -0.39 is 16.1 Å². The molecule has 2 aromatic carbocycles. The fourth-order valence-electron chi connectivity index (χ4n) is 3.80. The number of hydrogen-bond donors (Lipinski definition) is 1. The molecule has 0 saturated carbocycles. The summed E-state index contributed by atoms with van der Waals surface area (Å²) in [6, 6.07) is 12.6. The number of benzene rings is 2. The molecule has 1 aliphatic rings. The molecule has 28 heavy (non-hydrogen) atoms. The van der Waals surface area contributed by atoms with Crippen molar-refractivity contribution in [2.24, 2.45) is 0 Å². The molecule has 3 aromatic rings. The number of sulfonamides is 1. The van der Waals surface area contributed by atoms with Crippen LogP contribution < -0.4 is 5.32 Å². The lowest BCUT2D eigenvalue weighted by Gasteiger charge is -2.23. The van der Waals surface area contributed by atoms with Crippen molar-refractivity contribution in [3.63, 3.8) is 0 Å². The van der Waals surface area contributed by atoms with Crippen molar-refractivity contribution in [1.82, 2.24) is 9.46 Å². The standard InChI is InChI=1S/C20H21N3O4S/c1-13-19(14(2)27-22-13)28(25,26)23-12-6-11-18(23)20(24)21-17-10-5-8-15-7-3-4-9-16(15)17/h3-5,7-10,18H,6,11-12H2,1-2H3,(H,21,24). The van der Waals surface area contributed by atoms with E-state index in [2.05, 4.69) is 10.5 Å². The van der Waals surface area contributed by atoms with Crippen molar-refractivity contribution < 1.29 is 17.7 Å². The first-order chi connectivity index (χ1) is 13.4. The van der Waals surface area contributed by atoms with Gasteiger partial charge in [0, 0.05) is 17.6 Å². The third-order valence-electron chi connectivity index (χ3n) is 5.09. The maximum Gasteiger partial charge on any atom is 0.249 e. The topological polar surface area (TPSA) is 92.5 Å². The number of nitrogens with one attached hydrogen (secondary N) is 1. The Morgan fingerprint density at radius 3 is 2.68 bits per heavy atom. The Balaban J connectivity index is 1.64. The van der Waals surface area contributed by atoms with Crippen LogP contribution in [0.4, 0.5) is 5.69 Å². The molecule has 4 rings (SSSR count). The summed E-state index contributed by atoms with van der Waals surface area (Å²) in [4.78, 5) is 13.1. The fraction of sp³-hybridized carbons (Fsp3) is 0.300. The first-order valence-electron chi connectivity index (χ1n) is 9.13. The zero-order valence-corrected chi connectivity index (χ0v) is 16.5. The largest absolute Gasteiger partial charge is 0.360 e. The summed E-state index contributed by atoms with van der Waals surface area (Å²) in [5.74, 6) is -0.0956. The average Bonchev–Trinajstić information content (AvgIpc) is 3.29. The zero-order chi connectivity index (χ0) is 19.9. The van der Waals surface area contributed by atoms with Gasteiger partial charge in [0.25, 0.3) is 0 Å². The van der Waals surface area contributed by atoms with Crippen LogP contribution in [0, 0.1) is 13.8 Å². The Morgan fingerprint density at radius 1 is 1.18 bits per heavy atom. The average molecular weight is 399 g/mol. The monoisotopic (exact) mass is 399 g/mol. The molecule has 8 heteroatoms. The predicted molar refractivity (Wildman–Crippen MR) is 105 cm³/mol. The molecule has 1 saturated heterocycles. The van der Waals surface area contributed by atoms with Gasteiger partial charge in [-0.1, -0.05) is 41.6 Å². The number of nitrogens with zero attached hydrogens (tertiary/aromatic N) is 2. The number of anilines is 1. The van der Waals surface area contributed by atoms with E-state index in [-0.39, 0.29) is 16.6 Å². The maximum atomic E-state index is 13.2. The minimum absolute atomic E-state index is 0.0531. The van der Waals surface area contributed by atoms with Crippen molar-refractivity contribution in [2.45, 2.75) is 37.6 Å². The Kier molecular flexibility index (Phi) is 4.68. The highest BCUT2D eigenvalue weighted by molar-refractivity contribution is 7.89. The van der Waals surface area contributed by atoms with Gasteiger partial charge in [-0.3, -0.25) is 4.79 Å².